The topological polar surface area (TPSA) is 12.0 Å². The van der Waals surface area contributed by atoms with Crippen LogP contribution in [0.5, 0.6) is 0 Å². The number of nitrogens with one attached hydrogen (secondary N) is 1. The van der Waals surface area contributed by atoms with Crippen LogP contribution in [0.3, 0.4) is 0 Å². The van der Waals surface area contributed by atoms with Crippen LogP contribution in [0.4, 0.5) is 0 Å². The maximum atomic E-state index is 3.56. The number of thioether (sulfide) groups is 1. The summed E-state index contributed by atoms with van der Waals surface area (Å²) in [6.45, 7) is 1.24. The van der Waals surface area contributed by atoms with Gasteiger partial charge < -0.3 is 5.32 Å². The first-order valence-corrected chi connectivity index (χ1v) is 4.87. The zero-order valence-corrected chi connectivity index (χ0v) is 6.41. The average Bonchev–Trinajstić information content (AvgIpc) is 2.33. The predicted molar refractivity (Wildman–Crippen MR) is 41.9 cm³/mol. The molecular weight excluding hydrogens is 130 g/mol. The summed E-state index contributed by atoms with van der Waals surface area (Å²) in [5, 5.41) is 4.53. The Morgan fingerprint density at radius 2 is 2.33 bits per heavy atom. The lowest BCUT2D eigenvalue weighted by Gasteiger charge is -2.25. The van der Waals surface area contributed by atoms with Crippen LogP contribution in [0, 0.1) is 0 Å². The highest BCUT2D eigenvalue weighted by atomic mass is 32.2. The Balaban J connectivity index is 1.97. The standard InChI is InChI=1S/C7H13NS/c1-2-6-7(3-1)9-5-4-8-6/h6-8H,1-5H2/t6-,7-/m1/s1. The quantitative estimate of drug-likeness (QED) is 0.547. The van der Waals surface area contributed by atoms with Crippen molar-refractivity contribution in [2.24, 2.45) is 0 Å². The van der Waals surface area contributed by atoms with Crippen LogP contribution in [-0.4, -0.2) is 23.6 Å². The van der Waals surface area contributed by atoms with Crippen molar-refractivity contribution in [3.05, 3.63) is 0 Å². The second-order valence-corrected chi connectivity index (χ2v) is 4.25. The molecule has 0 aromatic carbocycles. The molecule has 2 aliphatic rings. The molecule has 1 saturated carbocycles. The van der Waals surface area contributed by atoms with Crippen molar-refractivity contribution in [1.29, 1.82) is 0 Å². The Hall–Kier alpha value is 0.310. The molecule has 0 aromatic rings. The van der Waals surface area contributed by atoms with E-state index in [4.69, 9.17) is 0 Å². The zero-order valence-electron chi connectivity index (χ0n) is 5.60. The SMILES string of the molecule is C1C[C@H]2NCCS[C@@H]2C1. The van der Waals surface area contributed by atoms with E-state index in [1.165, 1.54) is 31.6 Å². The minimum atomic E-state index is 0.878. The second kappa shape index (κ2) is 2.51. The molecule has 1 nitrogen and oxygen atoms in total. The number of rotatable bonds is 0. The van der Waals surface area contributed by atoms with Gasteiger partial charge in [-0.2, -0.15) is 11.8 Å². The Bertz CT molecular complexity index is 93.1. The van der Waals surface area contributed by atoms with Gasteiger partial charge in [-0.3, -0.25) is 0 Å². The highest BCUT2D eigenvalue weighted by molar-refractivity contribution is 8.00. The molecule has 2 rings (SSSR count). The first kappa shape index (κ1) is 6.05. The molecule has 2 atom stereocenters. The van der Waals surface area contributed by atoms with Gasteiger partial charge in [0.15, 0.2) is 0 Å². The molecule has 0 bridgehead atoms. The molecule has 0 amide bonds. The summed E-state index contributed by atoms with van der Waals surface area (Å²) in [5.74, 6) is 1.33. The molecule has 0 radical (unpaired) electrons. The highest BCUT2D eigenvalue weighted by Gasteiger charge is 2.29. The molecular formula is C7H13NS. The van der Waals surface area contributed by atoms with Gasteiger partial charge in [-0.25, -0.2) is 0 Å². The lowest BCUT2D eigenvalue weighted by atomic mass is 10.2. The van der Waals surface area contributed by atoms with Gasteiger partial charge in [-0.05, 0) is 12.8 Å². The van der Waals surface area contributed by atoms with Crippen LogP contribution in [0.1, 0.15) is 19.3 Å². The van der Waals surface area contributed by atoms with Crippen molar-refractivity contribution in [2.45, 2.75) is 30.6 Å². The molecule has 1 aliphatic carbocycles. The second-order valence-electron chi connectivity index (χ2n) is 2.90. The normalized spacial score (nSPS) is 42.7. The van der Waals surface area contributed by atoms with Gasteiger partial charge in [0.25, 0.3) is 0 Å². The maximum Gasteiger partial charge on any atom is 0.0201 e. The molecule has 0 aromatic heterocycles. The predicted octanol–water partition coefficient (Wildman–Crippen LogP) is 1.24. The Morgan fingerprint density at radius 3 is 3.22 bits per heavy atom. The van der Waals surface area contributed by atoms with Crippen LogP contribution < -0.4 is 5.32 Å². The van der Waals surface area contributed by atoms with Crippen molar-refractivity contribution in [3.8, 4) is 0 Å². The Kier molecular flexibility index (Phi) is 1.68. The molecule has 2 heteroatoms. The van der Waals surface area contributed by atoms with E-state index in [0.29, 0.717) is 0 Å². The minimum absolute atomic E-state index is 0.878. The zero-order chi connectivity index (χ0) is 6.10. The molecule has 0 spiro atoms. The van der Waals surface area contributed by atoms with Crippen molar-refractivity contribution in [2.75, 3.05) is 12.3 Å². The molecule has 1 aliphatic heterocycles. The van der Waals surface area contributed by atoms with Crippen LogP contribution in [-0.2, 0) is 0 Å². The lowest BCUT2D eigenvalue weighted by Crippen LogP contribution is -2.40. The summed E-state index contributed by atoms with van der Waals surface area (Å²) in [4.78, 5) is 0. The summed E-state index contributed by atoms with van der Waals surface area (Å²) in [7, 11) is 0. The fourth-order valence-corrected chi connectivity index (χ4v) is 3.15. The molecule has 1 heterocycles. The summed E-state index contributed by atoms with van der Waals surface area (Å²) >= 11 is 2.17. The van der Waals surface area contributed by atoms with Crippen molar-refractivity contribution in [3.63, 3.8) is 0 Å². The Labute approximate surface area is 60.6 Å². The summed E-state index contributed by atoms with van der Waals surface area (Å²) in [6.07, 6.45) is 4.34. The van der Waals surface area contributed by atoms with Gasteiger partial charge in [0.05, 0.1) is 0 Å². The smallest absolute Gasteiger partial charge is 0.0201 e. The first-order chi connectivity index (χ1) is 4.47. The Morgan fingerprint density at radius 1 is 1.33 bits per heavy atom. The van der Waals surface area contributed by atoms with Gasteiger partial charge in [-0.15, -0.1) is 0 Å². The summed E-state index contributed by atoms with van der Waals surface area (Å²) < 4.78 is 0. The lowest BCUT2D eigenvalue weighted by molar-refractivity contribution is 0.539. The molecule has 1 N–H and O–H groups in total. The van der Waals surface area contributed by atoms with Gasteiger partial charge in [0.1, 0.15) is 0 Å². The maximum absolute atomic E-state index is 3.56. The van der Waals surface area contributed by atoms with Gasteiger partial charge in [-0.1, -0.05) is 6.42 Å². The van der Waals surface area contributed by atoms with E-state index in [1.54, 1.807) is 0 Å². The fourth-order valence-electron chi connectivity index (χ4n) is 1.81. The van der Waals surface area contributed by atoms with E-state index in [2.05, 4.69) is 17.1 Å². The molecule has 0 unspecified atom stereocenters. The highest BCUT2D eigenvalue weighted by Crippen LogP contribution is 2.31. The van der Waals surface area contributed by atoms with Gasteiger partial charge in [0.2, 0.25) is 0 Å². The number of hydrogen-bond donors (Lipinski definition) is 1. The van der Waals surface area contributed by atoms with Gasteiger partial charge >= 0.3 is 0 Å². The van der Waals surface area contributed by atoms with E-state index in [-0.39, 0.29) is 0 Å². The average molecular weight is 143 g/mol. The van der Waals surface area contributed by atoms with Crippen molar-refractivity contribution >= 4 is 11.8 Å². The van der Waals surface area contributed by atoms with E-state index >= 15 is 0 Å². The van der Waals surface area contributed by atoms with Gasteiger partial charge in [0, 0.05) is 23.6 Å². The van der Waals surface area contributed by atoms with Crippen LogP contribution in [0.15, 0.2) is 0 Å². The molecule has 9 heavy (non-hydrogen) atoms. The van der Waals surface area contributed by atoms with E-state index in [9.17, 15) is 0 Å². The van der Waals surface area contributed by atoms with Crippen molar-refractivity contribution in [1.82, 2.24) is 5.32 Å². The van der Waals surface area contributed by atoms with E-state index in [0.717, 1.165) is 11.3 Å². The van der Waals surface area contributed by atoms with Crippen molar-refractivity contribution < 1.29 is 0 Å². The number of hydrogen-bond acceptors (Lipinski definition) is 2. The van der Waals surface area contributed by atoms with Crippen LogP contribution in [0.2, 0.25) is 0 Å². The minimum Gasteiger partial charge on any atom is -0.312 e. The summed E-state index contributed by atoms with van der Waals surface area (Å²) in [5.41, 5.74) is 0. The fraction of sp³-hybridized carbons (Fsp3) is 1.00. The monoisotopic (exact) mass is 143 g/mol. The molecule has 52 valence electrons. The van der Waals surface area contributed by atoms with Crippen LogP contribution in [0.25, 0.3) is 0 Å². The number of fused-ring (bicyclic) bond motifs is 1. The van der Waals surface area contributed by atoms with Crippen LogP contribution >= 0.6 is 11.8 Å². The third-order valence-electron chi connectivity index (χ3n) is 2.29. The molecule has 2 fully saturated rings. The first-order valence-electron chi connectivity index (χ1n) is 3.82. The summed E-state index contributed by atoms with van der Waals surface area (Å²) in [6, 6.07) is 0.878. The third-order valence-corrected chi connectivity index (χ3v) is 3.73. The third kappa shape index (κ3) is 1.10. The largest absolute Gasteiger partial charge is 0.312 e. The van der Waals surface area contributed by atoms with E-state index in [1.807, 2.05) is 0 Å². The van der Waals surface area contributed by atoms with E-state index < -0.39 is 0 Å². The molecule has 1 saturated heterocycles.